The molecule has 25 heavy (non-hydrogen) atoms. The molecular formula is C20H21NO4. The van der Waals surface area contributed by atoms with E-state index in [9.17, 15) is 9.90 Å². The molecule has 0 unspecified atom stereocenters. The highest BCUT2D eigenvalue weighted by atomic mass is 16.5. The molecule has 0 saturated heterocycles. The van der Waals surface area contributed by atoms with Gasteiger partial charge in [-0.15, -0.1) is 6.58 Å². The third-order valence-corrected chi connectivity index (χ3v) is 3.56. The van der Waals surface area contributed by atoms with E-state index >= 15 is 0 Å². The first-order valence-corrected chi connectivity index (χ1v) is 7.96. The number of phenols is 1. The Bertz CT molecular complexity index is 779. The zero-order chi connectivity index (χ0) is 18.2. The first-order chi connectivity index (χ1) is 12.0. The second-order valence-electron chi connectivity index (χ2n) is 5.42. The number of ether oxygens (including phenoxy) is 1. The van der Waals surface area contributed by atoms with Crippen LogP contribution < -0.4 is 4.74 Å². The van der Waals surface area contributed by atoms with E-state index in [0.29, 0.717) is 25.3 Å². The van der Waals surface area contributed by atoms with Crippen LogP contribution in [-0.2, 0) is 13.0 Å². The Hall–Kier alpha value is -3.08. The summed E-state index contributed by atoms with van der Waals surface area (Å²) in [6.07, 6.45) is 3.96. The minimum atomic E-state index is -0.947. The van der Waals surface area contributed by atoms with Gasteiger partial charge in [-0.3, -0.25) is 4.99 Å². The second-order valence-corrected chi connectivity index (χ2v) is 5.42. The van der Waals surface area contributed by atoms with Crippen LogP contribution in [0.1, 0.15) is 34.0 Å². The maximum Gasteiger partial charge on any atom is 0.335 e. The molecule has 0 spiro atoms. The quantitative estimate of drug-likeness (QED) is 0.566. The SMILES string of the molecule is C=CCc1cc(C=NCc2ccc(C(=O)O)cc2)cc(OCC)c1O. The Balaban J connectivity index is 2.16. The minimum Gasteiger partial charge on any atom is -0.504 e. The fraction of sp³-hybridized carbons (Fsp3) is 0.200. The molecule has 0 aliphatic rings. The van der Waals surface area contributed by atoms with E-state index in [1.165, 1.54) is 0 Å². The van der Waals surface area contributed by atoms with Crippen LogP contribution in [0, 0.1) is 0 Å². The zero-order valence-corrected chi connectivity index (χ0v) is 14.1. The smallest absolute Gasteiger partial charge is 0.335 e. The molecule has 0 aliphatic heterocycles. The summed E-state index contributed by atoms with van der Waals surface area (Å²) in [7, 11) is 0. The van der Waals surface area contributed by atoms with Crippen LogP contribution in [0.3, 0.4) is 0 Å². The van der Waals surface area contributed by atoms with Crippen LogP contribution in [0.2, 0.25) is 0 Å². The number of nitrogens with zero attached hydrogens (tertiary/aromatic N) is 1. The van der Waals surface area contributed by atoms with E-state index in [2.05, 4.69) is 11.6 Å². The third kappa shape index (κ3) is 4.94. The molecule has 0 fully saturated rings. The standard InChI is InChI=1S/C20H21NO4/c1-3-5-17-10-15(11-18(19(17)22)25-4-2)13-21-12-14-6-8-16(9-7-14)20(23)24/h3,6-11,13,22H,1,4-5,12H2,2H3,(H,23,24). The van der Waals surface area contributed by atoms with Gasteiger partial charge in [-0.2, -0.15) is 0 Å². The van der Waals surface area contributed by atoms with Crippen molar-refractivity contribution in [3.63, 3.8) is 0 Å². The van der Waals surface area contributed by atoms with Gasteiger partial charge in [-0.1, -0.05) is 18.2 Å². The summed E-state index contributed by atoms with van der Waals surface area (Å²) < 4.78 is 5.46. The molecule has 0 aromatic heterocycles. The van der Waals surface area contributed by atoms with Crippen LogP contribution in [-0.4, -0.2) is 29.0 Å². The lowest BCUT2D eigenvalue weighted by atomic mass is 10.1. The van der Waals surface area contributed by atoms with Crippen LogP contribution >= 0.6 is 0 Å². The van der Waals surface area contributed by atoms with Crippen molar-refractivity contribution in [2.45, 2.75) is 19.9 Å². The summed E-state index contributed by atoms with van der Waals surface area (Å²) >= 11 is 0. The predicted octanol–water partition coefficient (Wildman–Crippen LogP) is 3.84. The van der Waals surface area contributed by atoms with Gasteiger partial charge in [0.1, 0.15) is 0 Å². The van der Waals surface area contributed by atoms with E-state index in [1.807, 2.05) is 13.0 Å². The third-order valence-electron chi connectivity index (χ3n) is 3.56. The molecule has 2 aromatic rings. The van der Waals surface area contributed by atoms with Crippen LogP contribution in [0.5, 0.6) is 11.5 Å². The number of hydrogen-bond acceptors (Lipinski definition) is 4. The number of aromatic hydroxyl groups is 1. The molecule has 0 atom stereocenters. The van der Waals surface area contributed by atoms with Crippen molar-refractivity contribution >= 4 is 12.2 Å². The van der Waals surface area contributed by atoms with Crippen molar-refractivity contribution < 1.29 is 19.7 Å². The number of allylic oxidation sites excluding steroid dienone is 1. The van der Waals surface area contributed by atoms with Crippen LogP contribution in [0.15, 0.2) is 54.0 Å². The molecule has 0 bridgehead atoms. The molecule has 130 valence electrons. The molecule has 2 aromatic carbocycles. The van der Waals surface area contributed by atoms with E-state index < -0.39 is 5.97 Å². The van der Waals surface area contributed by atoms with Crippen LogP contribution in [0.25, 0.3) is 0 Å². The number of rotatable bonds is 8. The van der Waals surface area contributed by atoms with Gasteiger partial charge in [0.25, 0.3) is 0 Å². The fourth-order valence-corrected chi connectivity index (χ4v) is 2.35. The van der Waals surface area contributed by atoms with Crippen LogP contribution in [0.4, 0.5) is 0 Å². The van der Waals surface area contributed by atoms with E-state index in [-0.39, 0.29) is 11.3 Å². The normalized spacial score (nSPS) is 10.8. The molecule has 0 heterocycles. The molecule has 5 nitrogen and oxygen atoms in total. The van der Waals surface area contributed by atoms with Crippen molar-refractivity contribution in [2.24, 2.45) is 4.99 Å². The van der Waals surface area contributed by atoms with Gasteiger partial charge >= 0.3 is 5.97 Å². The Morgan fingerprint density at radius 3 is 2.60 bits per heavy atom. The number of carboxylic acids is 1. The Labute approximate surface area is 146 Å². The summed E-state index contributed by atoms with van der Waals surface area (Å²) in [5.74, 6) is -0.394. The number of aromatic carboxylic acids is 1. The first-order valence-electron chi connectivity index (χ1n) is 7.96. The lowest BCUT2D eigenvalue weighted by molar-refractivity contribution is 0.0697. The van der Waals surface area contributed by atoms with Gasteiger partial charge in [0.15, 0.2) is 11.5 Å². The van der Waals surface area contributed by atoms with Gasteiger partial charge in [-0.25, -0.2) is 4.79 Å². The molecular weight excluding hydrogens is 318 g/mol. The second kappa shape index (κ2) is 8.68. The fourth-order valence-electron chi connectivity index (χ4n) is 2.35. The number of phenolic OH excluding ortho intramolecular Hbond substituents is 1. The molecule has 0 radical (unpaired) electrons. The lowest BCUT2D eigenvalue weighted by Crippen LogP contribution is -1.97. The number of carbonyl (C=O) groups is 1. The zero-order valence-electron chi connectivity index (χ0n) is 14.1. The summed E-state index contributed by atoms with van der Waals surface area (Å²) in [4.78, 5) is 15.2. The first kappa shape index (κ1) is 18.3. The van der Waals surface area contributed by atoms with Gasteiger partial charge in [0.2, 0.25) is 0 Å². The highest BCUT2D eigenvalue weighted by Gasteiger charge is 2.09. The monoisotopic (exact) mass is 339 g/mol. The number of aliphatic imine (C=N–C) groups is 1. The average Bonchev–Trinajstić information content (AvgIpc) is 2.59. The van der Waals surface area contributed by atoms with Crippen molar-refractivity contribution in [2.75, 3.05) is 6.61 Å². The Kier molecular flexibility index (Phi) is 6.34. The van der Waals surface area contributed by atoms with Gasteiger partial charge < -0.3 is 14.9 Å². The topological polar surface area (TPSA) is 79.1 Å². The highest BCUT2D eigenvalue weighted by Crippen LogP contribution is 2.32. The van der Waals surface area contributed by atoms with Gasteiger partial charge in [0, 0.05) is 11.8 Å². The van der Waals surface area contributed by atoms with Crippen molar-refractivity contribution in [3.8, 4) is 11.5 Å². The number of benzene rings is 2. The molecule has 2 N–H and O–H groups in total. The summed E-state index contributed by atoms with van der Waals surface area (Å²) in [5, 5.41) is 19.1. The number of carboxylic acid groups (broad SMARTS) is 1. The van der Waals surface area contributed by atoms with E-state index in [4.69, 9.17) is 9.84 Å². The average molecular weight is 339 g/mol. The minimum absolute atomic E-state index is 0.128. The molecule has 0 aliphatic carbocycles. The molecule has 2 rings (SSSR count). The van der Waals surface area contributed by atoms with E-state index in [0.717, 1.165) is 16.7 Å². The summed E-state index contributed by atoms with van der Waals surface area (Å²) in [6.45, 7) is 6.44. The molecule has 5 heteroatoms. The van der Waals surface area contributed by atoms with E-state index in [1.54, 1.807) is 42.6 Å². The van der Waals surface area contributed by atoms with Gasteiger partial charge in [0.05, 0.1) is 18.7 Å². The van der Waals surface area contributed by atoms with Crippen molar-refractivity contribution in [3.05, 3.63) is 71.3 Å². The van der Waals surface area contributed by atoms with Gasteiger partial charge in [-0.05, 0) is 48.7 Å². The molecule has 0 saturated carbocycles. The lowest BCUT2D eigenvalue weighted by Gasteiger charge is -2.10. The Morgan fingerprint density at radius 1 is 1.28 bits per heavy atom. The highest BCUT2D eigenvalue weighted by molar-refractivity contribution is 5.87. The molecule has 0 amide bonds. The summed E-state index contributed by atoms with van der Waals surface area (Å²) in [5.41, 5.74) is 2.71. The predicted molar refractivity (Wildman–Crippen MR) is 97.9 cm³/mol. The largest absolute Gasteiger partial charge is 0.504 e. The maximum absolute atomic E-state index is 10.8. The van der Waals surface area contributed by atoms with Crippen molar-refractivity contribution in [1.82, 2.24) is 0 Å². The van der Waals surface area contributed by atoms with Crippen molar-refractivity contribution in [1.29, 1.82) is 0 Å². The Morgan fingerprint density at radius 2 is 2.00 bits per heavy atom. The number of hydrogen-bond donors (Lipinski definition) is 2. The summed E-state index contributed by atoms with van der Waals surface area (Å²) in [6, 6.07) is 10.2. The maximum atomic E-state index is 10.8.